The Kier molecular flexibility index (Phi) is 9.00. The minimum Gasteiger partial charge on any atom is -0.360 e. The fourth-order valence-electron chi connectivity index (χ4n) is 8.54. The molecule has 0 amide bonds. The highest BCUT2D eigenvalue weighted by Crippen LogP contribution is 2.45. The first-order chi connectivity index (χ1) is 26.2. The Bertz CT molecular complexity index is 2430. The van der Waals surface area contributed by atoms with E-state index in [4.69, 9.17) is 5.41 Å². The Morgan fingerprint density at radius 3 is 2.30 bits per heavy atom. The van der Waals surface area contributed by atoms with Gasteiger partial charge in [0.25, 0.3) is 0 Å². The van der Waals surface area contributed by atoms with Crippen LogP contribution in [-0.2, 0) is 0 Å². The second-order valence-corrected chi connectivity index (χ2v) is 13.5. The number of nitrogens with zero attached hydrogens (tertiary/aromatic N) is 5. The second-order valence-electron chi connectivity index (χ2n) is 13.5. The van der Waals surface area contributed by atoms with E-state index in [0.717, 1.165) is 39.9 Å². The number of likely N-dealkylation sites (tertiary alicyclic amines) is 1. The summed E-state index contributed by atoms with van der Waals surface area (Å²) in [5, 5.41) is 38.8. The van der Waals surface area contributed by atoms with Gasteiger partial charge in [-0.1, -0.05) is 121 Å². The third kappa shape index (κ3) is 5.70. The fourth-order valence-corrected chi connectivity index (χ4v) is 8.54. The summed E-state index contributed by atoms with van der Waals surface area (Å²) < 4.78 is 2.04. The monoisotopic (exact) mass is 684 g/mol. The number of benzene rings is 2. The van der Waals surface area contributed by atoms with Crippen molar-refractivity contribution in [2.24, 2.45) is 11.8 Å². The zero-order chi connectivity index (χ0) is 36.3. The minimum atomic E-state index is 0.205. The summed E-state index contributed by atoms with van der Waals surface area (Å²) >= 11 is 0. The molecule has 4 aliphatic carbocycles. The third-order valence-electron chi connectivity index (χ3n) is 10.7. The van der Waals surface area contributed by atoms with E-state index in [1.807, 2.05) is 59.2 Å². The molecule has 2 heterocycles. The number of aromatic nitrogens is 1. The van der Waals surface area contributed by atoms with E-state index >= 15 is 0 Å². The van der Waals surface area contributed by atoms with E-state index in [1.54, 1.807) is 6.08 Å². The van der Waals surface area contributed by atoms with Crippen molar-refractivity contribution in [1.82, 2.24) is 9.47 Å². The first-order valence-electron chi connectivity index (χ1n) is 18.0. The normalized spacial score (nSPS) is 22.1. The van der Waals surface area contributed by atoms with Crippen molar-refractivity contribution >= 4 is 29.5 Å². The molecular weight excluding hydrogens is 649 g/mol. The summed E-state index contributed by atoms with van der Waals surface area (Å²) in [6.07, 6.45) is 39.2. The summed E-state index contributed by atoms with van der Waals surface area (Å²) in [7, 11) is 0. The average molecular weight is 685 g/mol. The highest BCUT2D eigenvalue weighted by atomic mass is 15.2. The molecule has 1 aromatic heterocycles. The molecule has 1 fully saturated rings. The SMILES string of the molecule is N#CC/C=C\c1c(C=N)c2c(n1-c1ccccc1-c1cccc(C#N)c1C1=CC=C(N3C4C=CC=CC4C4C=CC=CC43)CC=C1)C(C#N)=CCC=C2. The molecule has 6 heteroatoms. The Hall–Kier alpha value is -6.94. The van der Waals surface area contributed by atoms with E-state index in [2.05, 4.69) is 108 Å². The summed E-state index contributed by atoms with van der Waals surface area (Å²) in [5.74, 6) is 0.822. The lowest BCUT2D eigenvalue weighted by Gasteiger charge is -2.33. The first-order valence-corrected chi connectivity index (χ1v) is 18.0. The lowest BCUT2D eigenvalue weighted by atomic mass is 9.83. The van der Waals surface area contributed by atoms with Gasteiger partial charge in [0.1, 0.15) is 6.07 Å². The molecule has 5 aliphatic rings. The predicted molar refractivity (Wildman–Crippen MR) is 213 cm³/mol. The first kappa shape index (κ1) is 33.2. The van der Waals surface area contributed by atoms with Gasteiger partial charge in [-0.2, -0.15) is 15.8 Å². The van der Waals surface area contributed by atoms with Crippen LogP contribution in [0.25, 0.3) is 40.1 Å². The van der Waals surface area contributed by atoms with Gasteiger partial charge in [-0.25, -0.2) is 0 Å². The van der Waals surface area contributed by atoms with Gasteiger partial charge in [-0.15, -0.1) is 0 Å². The topological polar surface area (TPSA) is 103 Å². The number of allylic oxidation sites excluding steroid dienone is 13. The second kappa shape index (κ2) is 14.4. The van der Waals surface area contributed by atoms with E-state index in [-0.39, 0.29) is 18.5 Å². The number of para-hydroxylation sites is 1. The van der Waals surface area contributed by atoms with Crippen LogP contribution in [0.4, 0.5) is 0 Å². The zero-order valence-corrected chi connectivity index (χ0v) is 29.1. The molecule has 1 N–H and O–H groups in total. The van der Waals surface area contributed by atoms with Gasteiger partial charge in [0, 0.05) is 52.4 Å². The molecule has 8 rings (SSSR count). The molecule has 4 atom stereocenters. The van der Waals surface area contributed by atoms with Gasteiger partial charge in [0.2, 0.25) is 0 Å². The Morgan fingerprint density at radius 1 is 0.811 bits per heavy atom. The van der Waals surface area contributed by atoms with E-state index in [0.29, 0.717) is 46.3 Å². The van der Waals surface area contributed by atoms with E-state index in [9.17, 15) is 15.8 Å². The summed E-state index contributed by atoms with van der Waals surface area (Å²) in [5.41, 5.74) is 9.50. The molecular formula is C47H36N6. The van der Waals surface area contributed by atoms with Crippen molar-refractivity contribution in [3.8, 4) is 35.0 Å². The Labute approximate surface area is 310 Å². The van der Waals surface area contributed by atoms with Gasteiger partial charge >= 0.3 is 0 Å². The number of hydrogen-bond acceptors (Lipinski definition) is 5. The van der Waals surface area contributed by atoms with Gasteiger partial charge in [-0.05, 0) is 41.8 Å². The molecule has 0 bridgehead atoms. The van der Waals surface area contributed by atoms with Crippen LogP contribution >= 0.6 is 0 Å². The van der Waals surface area contributed by atoms with Crippen molar-refractivity contribution in [1.29, 1.82) is 21.2 Å². The van der Waals surface area contributed by atoms with Crippen molar-refractivity contribution in [2.45, 2.75) is 31.3 Å². The van der Waals surface area contributed by atoms with Crippen molar-refractivity contribution < 1.29 is 0 Å². The van der Waals surface area contributed by atoms with Gasteiger partial charge in [0.15, 0.2) is 0 Å². The number of nitrogens with one attached hydrogen (secondary N) is 1. The summed E-state index contributed by atoms with van der Waals surface area (Å²) in [4.78, 5) is 2.57. The van der Waals surface area contributed by atoms with Crippen LogP contribution in [0.3, 0.4) is 0 Å². The minimum absolute atomic E-state index is 0.205. The maximum atomic E-state index is 10.5. The van der Waals surface area contributed by atoms with Crippen LogP contribution in [0.15, 0.2) is 139 Å². The molecule has 0 spiro atoms. The van der Waals surface area contributed by atoms with Crippen LogP contribution in [0.2, 0.25) is 0 Å². The molecule has 6 nitrogen and oxygen atoms in total. The zero-order valence-electron chi connectivity index (χ0n) is 29.1. The molecule has 0 radical (unpaired) electrons. The highest BCUT2D eigenvalue weighted by Gasteiger charge is 2.46. The molecule has 4 unspecified atom stereocenters. The summed E-state index contributed by atoms with van der Waals surface area (Å²) in [6.45, 7) is 0. The summed E-state index contributed by atoms with van der Waals surface area (Å²) in [6, 6.07) is 21.5. The smallest absolute Gasteiger partial charge is 0.101 e. The average Bonchev–Trinajstić information content (AvgIpc) is 3.44. The largest absolute Gasteiger partial charge is 0.360 e. The maximum Gasteiger partial charge on any atom is 0.101 e. The standard InChI is InChI=1S/C47H36N6/c48-28-10-9-25-45-41(31-51)40-20-2-1-13-34(30-50)47(40)53(45)44-24-8-5-19-38(44)39-21-12-15-33(29-49)46(39)32-14-11-16-35(27-26-32)52-42-22-6-3-17-36(42)37-18-4-7-23-43(37)52/h2-9,11-15,17-27,31,36-37,42-43,51H,1,10,16H2/b25-9-,51-31?. The lowest BCUT2D eigenvalue weighted by Crippen LogP contribution is -2.35. The number of nitriles is 3. The Morgan fingerprint density at radius 2 is 1.57 bits per heavy atom. The number of rotatable bonds is 7. The maximum absolute atomic E-state index is 10.5. The fraction of sp³-hybridized carbons (Fsp3) is 0.149. The van der Waals surface area contributed by atoms with Crippen molar-refractivity contribution in [2.75, 3.05) is 0 Å². The van der Waals surface area contributed by atoms with Crippen LogP contribution in [0.5, 0.6) is 0 Å². The lowest BCUT2D eigenvalue weighted by molar-refractivity contribution is 0.297. The number of hydrogen-bond donors (Lipinski definition) is 1. The molecule has 0 saturated carbocycles. The van der Waals surface area contributed by atoms with Crippen molar-refractivity contribution in [3.63, 3.8) is 0 Å². The van der Waals surface area contributed by atoms with Gasteiger partial charge in [-0.3, -0.25) is 0 Å². The predicted octanol–water partition coefficient (Wildman–Crippen LogP) is 10.0. The van der Waals surface area contributed by atoms with Crippen LogP contribution in [-0.4, -0.2) is 27.8 Å². The van der Waals surface area contributed by atoms with E-state index in [1.165, 1.54) is 11.9 Å². The van der Waals surface area contributed by atoms with Crippen LogP contribution in [0, 0.1) is 51.2 Å². The molecule has 1 saturated heterocycles. The highest BCUT2D eigenvalue weighted by molar-refractivity contribution is 5.98. The van der Waals surface area contributed by atoms with Gasteiger partial charge in [0.05, 0.1) is 58.9 Å². The third-order valence-corrected chi connectivity index (χ3v) is 10.7. The van der Waals surface area contributed by atoms with Crippen molar-refractivity contribution in [3.05, 3.63) is 173 Å². The quantitative estimate of drug-likeness (QED) is 0.250. The molecule has 254 valence electrons. The molecule has 2 aromatic carbocycles. The van der Waals surface area contributed by atoms with E-state index < -0.39 is 0 Å². The van der Waals surface area contributed by atoms with Crippen LogP contribution in [0.1, 0.15) is 52.9 Å². The Balaban J connectivity index is 1.30. The van der Waals surface area contributed by atoms with Gasteiger partial charge < -0.3 is 14.9 Å². The molecule has 53 heavy (non-hydrogen) atoms. The number of fused-ring (bicyclic) bond motifs is 4. The molecule has 1 aliphatic heterocycles. The molecule has 3 aromatic rings. The van der Waals surface area contributed by atoms with Crippen LogP contribution < -0.4 is 0 Å².